The van der Waals surface area contributed by atoms with Gasteiger partial charge in [-0.25, -0.2) is 4.79 Å². The molecule has 1 aromatic carbocycles. The lowest BCUT2D eigenvalue weighted by Gasteiger charge is -2.30. The molecule has 26 heavy (non-hydrogen) atoms. The van der Waals surface area contributed by atoms with Crippen LogP contribution in [0, 0.1) is 0 Å². The predicted octanol–water partition coefficient (Wildman–Crippen LogP) is 2.01. The molecule has 2 N–H and O–H groups in total. The Morgan fingerprint density at radius 3 is 2.92 bits per heavy atom. The minimum atomic E-state index is -0.165. The first-order valence-corrected chi connectivity index (χ1v) is 9.09. The number of nitrogens with zero attached hydrogens (tertiary/aromatic N) is 4. The van der Waals surface area contributed by atoms with Gasteiger partial charge in [0, 0.05) is 31.9 Å². The summed E-state index contributed by atoms with van der Waals surface area (Å²) in [6.45, 7) is 3.40. The molecule has 0 spiro atoms. The van der Waals surface area contributed by atoms with Crippen molar-refractivity contribution in [1.29, 1.82) is 0 Å². The van der Waals surface area contributed by atoms with Gasteiger partial charge >= 0.3 is 6.03 Å². The minimum absolute atomic E-state index is 0.106. The third kappa shape index (κ3) is 3.42. The molecule has 2 amide bonds. The van der Waals surface area contributed by atoms with Crippen LogP contribution in [0.15, 0.2) is 34.9 Å². The van der Waals surface area contributed by atoms with Crippen molar-refractivity contribution in [2.24, 2.45) is 0 Å². The smallest absolute Gasteiger partial charge is 0.322 e. The average Bonchev–Trinajstić information content (AvgIpc) is 3.32. The maximum absolute atomic E-state index is 12.7. The quantitative estimate of drug-likeness (QED) is 0.875. The van der Waals surface area contributed by atoms with Crippen LogP contribution in [0.3, 0.4) is 0 Å². The second kappa shape index (κ2) is 7.43. The highest BCUT2D eigenvalue weighted by atomic mass is 16.5. The zero-order chi connectivity index (χ0) is 17.9. The van der Waals surface area contributed by atoms with Crippen molar-refractivity contribution in [1.82, 2.24) is 25.3 Å². The highest BCUT2D eigenvalue weighted by Gasteiger charge is 2.35. The monoisotopic (exact) mass is 356 g/mol. The minimum Gasteiger partial charge on any atom is -0.337 e. The van der Waals surface area contributed by atoms with Crippen molar-refractivity contribution in [3.63, 3.8) is 0 Å². The number of likely N-dealkylation sites (tertiary alicyclic amines) is 1. The van der Waals surface area contributed by atoms with Crippen LogP contribution in [-0.2, 0) is 0 Å². The van der Waals surface area contributed by atoms with Gasteiger partial charge in [-0.1, -0.05) is 23.4 Å². The molecule has 2 aliphatic heterocycles. The van der Waals surface area contributed by atoms with Crippen LogP contribution < -0.4 is 10.6 Å². The average molecular weight is 356 g/mol. The van der Waals surface area contributed by atoms with Crippen molar-refractivity contribution >= 4 is 11.7 Å². The number of para-hydroxylation sites is 1. The Hall–Kier alpha value is -2.45. The van der Waals surface area contributed by atoms with Gasteiger partial charge in [-0.3, -0.25) is 4.90 Å². The first-order valence-electron chi connectivity index (χ1n) is 9.09. The Morgan fingerprint density at radius 2 is 2.12 bits per heavy atom. The van der Waals surface area contributed by atoms with Gasteiger partial charge in [-0.15, -0.1) is 0 Å². The summed E-state index contributed by atoms with van der Waals surface area (Å²) in [5.41, 5.74) is 0.782. The lowest BCUT2D eigenvalue weighted by molar-refractivity contribution is 0.187. The molecule has 0 radical (unpaired) electrons. The van der Waals surface area contributed by atoms with Gasteiger partial charge < -0.3 is 20.1 Å². The first-order chi connectivity index (χ1) is 12.7. The Labute approximate surface area is 152 Å². The van der Waals surface area contributed by atoms with E-state index in [0.717, 1.165) is 38.2 Å². The number of nitrogens with one attached hydrogen (secondary N) is 2. The summed E-state index contributed by atoms with van der Waals surface area (Å²) in [6.07, 6.45) is 1.76. The number of carbonyl (C=O) groups excluding carboxylic acids is 1. The number of piperazine rings is 1. The van der Waals surface area contributed by atoms with Gasteiger partial charge in [0.05, 0.1) is 6.04 Å². The van der Waals surface area contributed by atoms with Crippen molar-refractivity contribution < 1.29 is 9.32 Å². The standard InChI is InChI=1S/C18H24N6O2/c1-23-11-9-19-12-15(23)16-21-17(26-22-16)14-8-5-10-24(14)18(25)20-13-6-3-2-4-7-13/h2-4,6-7,14-15,19H,5,8-12H2,1H3,(H,20,25). The van der Waals surface area contributed by atoms with Gasteiger partial charge in [0.2, 0.25) is 5.89 Å². The molecule has 1 aromatic heterocycles. The number of aromatic nitrogens is 2. The molecule has 8 heteroatoms. The number of anilines is 1. The van der Waals surface area contributed by atoms with Crippen LogP contribution in [0.4, 0.5) is 10.5 Å². The summed E-state index contributed by atoms with van der Waals surface area (Å²) >= 11 is 0. The summed E-state index contributed by atoms with van der Waals surface area (Å²) < 4.78 is 5.54. The summed E-state index contributed by atoms with van der Waals surface area (Å²) in [5.74, 6) is 1.21. The fraction of sp³-hybridized carbons (Fsp3) is 0.500. The molecular formula is C18H24N6O2. The van der Waals surface area contributed by atoms with Gasteiger partial charge in [0.15, 0.2) is 5.82 Å². The molecular weight excluding hydrogens is 332 g/mol. The van der Waals surface area contributed by atoms with Crippen molar-refractivity contribution in [2.75, 3.05) is 38.5 Å². The first kappa shape index (κ1) is 17.0. The maximum Gasteiger partial charge on any atom is 0.322 e. The predicted molar refractivity (Wildman–Crippen MR) is 96.7 cm³/mol. The molecule has 0 bridgehead atoms. The number of likely N-dealkylation sites (N-methyl/N-ethyl adjacent to an activating group) is 1. The molecule has 2 saturated heterocycles. The number of hydrogen-bond acceptors (Lipinski definition) is 6. The number of rotatable bonds is 3. The molecule has 3 heterocycles. The van der Waals surface area contributed by atoms with E-state index in [1.54, 1.807) is 4.90 Å². The van der Waals surface area contributed by atoms with E-state index in [2.05, 4.69) is 32.7 Å². The van der Waals surface area contributed by atoms with Crippen LogP contribution in [-0.4, -0.2) is 59.2 Å². The van der Waals surface area contributed by atoms with Gasteiger partial charge in [-0.2, -0.15) is 4.98 Å². The van der Waals surface area contributed by atoms with Crippen LogP contribution in [0.5, 0.6) is 0 Å². The van der Waals surface area contributed by atoms with E-state index >= 15 is 0 Å². The van der Waals surface area contributed by atoms with Crippen molar-refractivity contribution in [2.45, 2.75) is 24.9 Å². The zero-order valence-corrected chi connectivity index (χ0v) is 14.9. The van der Waals surface area contributed by atoms with E-state index in [1.807, 2.05) is 30.3 Å². The van der Waals surface area contributed by atoms with E-state index in [9.17, 15) is 4.79 Å². The van der Waals surface area contributed by atoms with Crippen molar-refractivity contribution in [3.05, 3.63) is 42.0 Å². The van der Waals surface area contributed by atoms with Crippen LogP contribution >= 0.6 is 0 Å². The molecule has 138 valence electrons. The number of hydrogen-bond donors (Lipinski definition) is 2. The summed E-state index contributed by atoms with van der Waals surface area (Å²) in [5, 5.41) is 10.5. The summed E-state index contributed by atoms with van der Waals surface area (Å²) in [4.78, 5) is 21.3. The topological polar surface area (TPSA) is 86.5 Å². The van der Waals surface area contributed by atoms with E-state index in [-0.39, 0.29) is 18.1 Å². The van der Waals surface area contributed by atoms with Crippen LogP contribution in [0.1, 0.15) is 36.6 Å². The fourth-order valence-corrected chi connectivity index (χ4v) is 3.60. The van der Waals surface area contributed by atoms with E-state index in [1.165, 1.54) is 0 Å². The largest absolute Gasteiger partial charge is 0.337 e. The molecule has 8 nitrogen and oxygen atoms in total. The van der Waals surface area contributed by atoms with Crippen LogP contribution in [0.2, 0.25) is 0 Å². The van der Waals surface area contributed by atoms with E-state index in [0.29, 0.717) is 18.3 Å². The summed E-state index contributed by atoms with van der Waals surface area (Å²) in [6, 6.07) is 9.28. The molecule has 0 saturated carbocycles. The Morgan fingerprint density at radius 1 is 1.27 bits per heavy atom. The molecule has 2 unspecified atom stereocenters. The molecule has 0 aliphatic carbocycles. The Kier molecular flexibility index (Phi) is 4.85. The third-order valence-corrected chi connectivity index (χ3v) is 5.09. The van der Waals surface area contributed by atoms with E-state index < -0.39 is 0 Å². The number of amides is 2. The highest BCUT2D eigenvalue weighted by Crippen LogP contribution is 2.32. The highest BCUT2D eigenvalue weighted by molar-refractivity contribution is 5.89. The Bertz CT molecular complexity index is 749. The molecule has 2 atom stereocenters. The molecule has 2 aliphatic rings. The van der Waals surface area contributed by atoms with Gasteiger partial charge in [-0.05, 0) is 32.0 Å². The van der Waals surface area contributed by atoms with E-state index in [4.69, 9.17) is 4.52 Å². The molecule has 4 rings (SSSR count). The number of carbonyl (C=O) groups is 1. The van der Waals surface area contributed by atoms with Crippen molar-refractivity contribution in [3.8, 4) is 0 Å². The third-order valence-electron chi connectivity index (χ3n) is 5.09. The van der Waals surface area contributed by atoms with Gasteiger partial charge in [0.1, 0.15) is 6.04 Å². The Balaban J connectivity index is 1.47. The van der Waals surface area contributed by atoms with Crippen LogP contribution in [0.25, 0.3) is 0 Å². The molecule has 2 fully saturated rings. The number of benzene rings is 1. The fourth-order valence-electron chi connectivity index (χ4n) is 3.60. The summed E-state index contributed by atoms with van der Waals surface area (Å²) in [7, 11) is 2.07. The lowest BCUT2D eigenvalue weighted by atomic mass is 10.2. The zero-order valence-electron chi connectivity index (χ0n) is 14.9. The second-order valence-corrected chi connectivity index (χ2v) is 6.84. The maximum atomic E-state index is 12.7. The second-order valence-electron chi connectivity index (χ2n) is 6.84. The number of urea groups is 1. The normalized spacial score (nSPS) is 24.0. The molecule has 2 aromatic rings. The lowest BCUT2D eigenvalue weighted by Crippen LogP contribution is -2.44. The van der Waals surface area contributed by atoms with Gasteiger partial charge in [0.25, 0.3) is 0 Å². The SMILES string of the molecule is CN1CCNCC1c1noc(C2CCCN2C(=O)Nc2ccccc2)n1.